The van der Waals surface area contributed by atoms with Crippen LogP contribution in [0, 0.1) is 11.7 Å². The highest BCUT2D eigenvalue weighted by Gasteiger charge is 2.34. The zero-order valence-electron chi connectivity index (χ0n) is 14.6. The van der Waals surface area contributed by atoms with Crippen LogP contribution >= 0.6 is 11.3 Å². The third-order valence-corrected chi connectivity index (χ3v) is 5.23. The Labute approximate surface area is 155 Å². The molecule has 3 rings (SSSR count). The van der Waals surface area contributed by atoms with E-state index in [1.807, 2.05) is 0 Å². The van der Waals surface area contributed by atoms with E-state index in [1.54, 1.807) is 17.0 Å². The molecule has 138 valence electrons. The van der Waals surface area contributed by atoms with Crippen LogP contribution in [0.15, 0.2) is 24.3 Å². The molecule has 8 heteroatoms. The molecule has 6 nitrogen and oxygen atoms in total. The van der Waals surface area contributed by atoms with Gasteiger partial charge in [0.15, 0.2) is 0 Å². The second-order valence-electron chi connectivity index (χ2n) is 6.36. The number of anilines is 1. The largest absolute Gasteiger partial charge is 0.342 e. The van der Waals surface area contributed by atoms with Crippen LogP contribution in [0.2, 0.25) is 0 Å². The number of aromatic nitrogens is 2. The van der Waals surface area contributed by atoms with Gasteiger partial charge in [-0.2, -0.15) is 0 Å². The number of hydrogen-bond acceptors (Lipinski definition) is 5. The summed E-state index contributed by atoms with van der Waals surface area (Å²) in [5.74, 6) is -0.881. The lowest BCUT2D eigenvalue weighted by molar-refractivity contribution is -0.128. The third kappa shape index (κ3) is 4.63. The number of amides is 2. The minimum absolute atomic E-state index is 0.0313. The van der Waals surface area contributed by atoms with Crippen molar-refractivity contribution >= 4 is 28.3 Å². The number of hydrogen-bond donors (Lipinski definition) is 1. The summed E-state index contributed by atoms with van der Waals surface area (Å²) < 4.78 is 12.9. The van der Waals surface area contributed by atoms with Crippen molar-refractivity contribution < 1.29 is 14.0 Å². The number of rotatable bonds is 7. The number of nitrogens with one attached hydrogen (secondary N) is 1. The molecule has 0 spiro atoms. The van der Waals surface area contributed by atoms with Gasteiger partial charge in [-0.3, -0.25) is 9.59 Å². The SMILES string of the molecule is CCCc1nnc(NC(=O)[C@@H]2CC(=O)N(CCc3ccc(F)cc3)C2)s1. The number of carbonyl (C=O) groups excluding carboxylic acids is 2. The average molecular weight is 376 g/mol. The van der Waals surface area contributed by atoms with Crippen molar-refractivity contribution in [1.82, 2.24) is 15.1 Å². The Kier molecular flexibility index (Phi) is 5.92. The highest BCUT2D eigenvalue weighted by Crippen LogP contribution is 2.22. The fourth-order valence-electron chi connectivity index (χ4n) is 2.91. The Balaban J connectivity index is 1.51. The summed E-state index contributed by atoms with van der Waals surface area (Å²) in [6.07, 6.45) is 2.66. The zero-order chi connectivity index (χ0) is 18.5. The molecular weight excluding hydrogens is 355 g/mol. The topological polar surface area (TPSA) is 75.2 Å². The van der Waals surface area contributed by atoms with Crippen LogP contribution in [0.1, 0.15) is 30.3 Å². The lowest BCUT2D eigenvalue weighted by atomic mass is 10.1. The number of nitrogens with zero attached hydrogens (tertiary/aromatic N) is 3. The van der Waals surface area contributed by atoms with Gasteiger partial charge in [-0.15, -0.1) is 10.2 Å². The van der Waals surface area contributed by atoms with Crippen LogP contribution in [0.5, 0.6) is 0 Å². The van der Waals surface area contributed by atoms with Gasteiger partial charge >= 0.3 is 0 Å². The summed E-state index contributed by atoms with van der Waals surface area (Å²) in [4.78, 5) is 26.2. The van der Waals surface area contributed by atoms with E-state index in [0.717, 1.165) is 23.4 Å². The molecule has 1 N–H and O–H groups in total. The average Bonchev–Trinajstić information content (AvgIpc) is 3.21. The van der Waals surface area contributed by atoms with Gasteiger partial charge in [0, 0.05) is 25.9 Å². The van der Waals surface area contributed by atoms with Crippen molar-refractivity contribution in [3.05, 3.63) is 40.7 Å². The molecule has 1 atom stereocenters. The fourth-order valence-corrected chi connectivity index (χ4v) is 3.75. The molecule has 1 fully saturated rings. The maximum absolute atomic E-state index is 12.9. The summed E-state index contributed by atoms with van der Waals surface area (Å²) in [5.41, 5.74) is 0.962. The molecule has 1 aromatic carbocycles. The third-order valence-electron chi connectivity index (χ3n) is 4.33. The van der Waals surface area contributed by atoms with Crippen LogP contribution < -0.4 is 5.32 Å². The monoisotopic (exact) mass is 376 g/mol. The minimum atomic E-state index is -0.380. The van der Waals surface area contributed by atoms with Gasteiger partial charge < -0.3 is 10.2 Å². The van der Waals surface area contributed by atoms with Crippen LogP contribution in [0.3, 0.4) is 0 Å². The fraction of sp³-hybridized carbons (Fsp3) is 0.444. The maximum Gasteiger partial charge on any atom is 0.231 e. The molecule has 0 aliphatic carbocycles. The molecule has 2 aromatic rings. The van der Waals surface area contributed by atoms with Gasteiger partial charge in [0.05, 0.1) is 5.92 Å². The maximum atomic E-state index is 12.9. The van der Waals surface area contributed by atoms with Gasteiger partial charge in [-0.25, -0.2) is 4.39 Å². The molecule has 0 bridgehead atoms. The van der Waals surface area contributed by atoms with Gasteiger partial charge in [-0.1, -0.05) is 30.4 Å². The van der Waals surface area contributed by atoms with Gasteiger partial charge in [0.1, 0.15) is 10.8 Å². The van der Waals surface area contributed by atoms with Crippen molar-refractivity contribution in [3.63, 3.8) is 0 Å². The van der Waals surface area contributed by atoms with E-state index >= 15 is 0 Å². The normalized spacial score (nSPS) is 16.9. The van der Waals surface area contributed by atoms with Gasteiger partial charge in [-0.05, 0) is 30.5 Å². The molecule has 1 aromatic heterocycles. The van der Waals surface area contributed by atoms with Crippen molar-refractivity contribution in [2.45, 2.75) is 32.6 Å². The Hall–Kier alpha value is -2.35. The molecule has 26 heavy (non-hydrogen) atoms. The Morgan fingerprint density at radius 1 is 1.31 bits per heavy atom. The summed E-state index contributed by atoms with van der Waals surface area (Å²) in [6.45, 7) is 2.98. The van der Waals surface area contributed by atoms with Crippen LogP contribution in [-0.2, 0) is 22.4 Å². The van der Waals surface area contributed by atoms with E-state index in [0.29, 0.717) is 24.6 Å². The molecule has 2 amide bonds. The van der Waals surface area contributed by atoms with E-state index < -0.39 is 0 Å². The standard InChI is InChI=1S/C18H21FN4O2S/c1-2-3-15-21-22-18(26-15)20-17(25)13-10-16(24)23(11-13)9-8-12-4-6-14(19)7-5-12/h4-7,13H,2-3,8-11H2,1H3,(H,20,22,25)/t13-/m1/s1. The number of benzene rings is 1. The second-order valence-corrected chi connectivity index (χ2v) is 7.42. The number of halogens is 1. The number of likely N-dealkylation sites (tertiary alicyclic amines) is 1. The van der Waals surface area contributed by atoms with Crippen LogP contribution in [0.4, 0.5) is 9.52 Å². The Bertz CT molecular complexity index is 778. The molecule has 0 saturated carbocycles. The first-order chi connectivity index (χ1) is 12.5. The lowest BCUT2D eigenvalue weighted by Gasteiger charge is -2.16. The van der Waals surface area contributed by atoms with E-state index in [-0.39, 0.29) is 30.0 Å². The predicted molar refractivity (Wildman–Crippen MR) is 97.3 cm³/mol. The molecule has 1 aliphatic rings. The molecule has 1 saturated heterocycles. The quantitative estimate of drug-likeness (QED) is 0.806. The Morgan fingerprint density at radius 3 is 2.81 bits per heavy atom. The molecule has 0 unspecified atom stereocenters. The zero-order valence-corrected chi connectivity index (χ0v) is 15.4. The van der Waals surface area contributed by atoms with Crippen molar-refractivity contribution in [2.24, 2.45) is 5.92 Å². The molecule has 0 radical (unpaired) electrons. The lowest BCUT2D eigenvalue weighted by Crippen LogP contribution is -2.30. The van der Waals surface area contributed by atoms with Crippen molar-refractivity contribution in [2.75, 3.05) is 18.4 Å². The van der Waals surface area contributed by atoms with Gasteiger partial charge in [0.2, 0.25) is 16.9 Å². The van der Waals surface area contributed by atoms with E-state index in [4.69, 9.17) is 0 Å². The Morgan fingerprint density at radius 2 is 2.08 bits per heavy atom. The van der Waals surface area contributed by atoms with Crippen molar-refractivity contribution in [1.29, 1.82) is 0 Å². The summed E-state index contributed by atoms with van der Waals surface area (Å²) in [5, 5.41) is 12.2. The molecular formula is C18H21FN4O2S. The first kappa shape index (κ1) is 18.4. The van der Waals surface area contributed by atoms with Crippen LogP contribution in [-0.4, -0.2) is 40.0 Å². The molecule has 2 heterocycles. The second kappa shape index (κ2) is 8.35. The number of carbonyl (C=O) groups is 2. The highest BCUT2D eigenvalue weighted by molar-refractivity contribution is 7.15. The van der Waals surface area contributed by atoms with Crippen molar-refractivity contribution in [3.8, 4) is 0 Å². The highest BCUT2D eigenvalue weighted by atomic mass is 32.1. The first-order valence-corrected chi connectivity index (χ1v) is 9.52. The summed E-state index contributed by atoms with van der Waals surface area (Å²) >= 11 is 1.37. The first-order valence-electron chi connectivity index (χ1n) is 8.70. The molecule has 1 aliphatic heterocycles. The van der Waals surface area contributed by atoms with E-state index in [9.17, 15) is 14.0 Å². The number of aryl methyl sites for hydroxylation is 1. The summed E-state index contributed by atoms with van der Waals surface area (Å²) in [6, 6.07) is 6.24. The van der Waals surface area contributed by atoms with E-state index in [2.05, 4.69) is 22.4 Å². The van der Waals surface area contributed by atoms with Crippen LogP contribution in [0.25, 0.3) is 0 Å². The van der Waals surface area contributed by atoms with Gasteiger partial charge in [0.25, 0.3) is 0 Å². The predicted octanol–water partition coefficient (Wildman–Crippen LogP) is 2.66. The smallest absolute Gasteiger partial charge is 0.231 e. The minimum Gasteiger partial charge on any atom is -0.342 e. The summed E-state index contributed by atoms with van der Waals surface area (Å²) in [7, 11) is 0. The van der Waals surface area contributed by atoms with E-state index in [1.165, 1.54) is 23.5 Å².